The van der Waals surface area contributed by atoms with Gasteiger partial charge in [0, 0.05) is 18.1 Å². The smallest absolute Gasteiger partial charge is 0.234 e. The molecule has 7 nitrogen and oxygen atoms in total. The average molecular weight is 458 g/mol. The van der Waals surface area contributed by atoms with Crippen molar-refractivity contribution in [2.75, 3.05) is 36.2 Å². The number of thioether (sulfide) groups is 1. The Balaban J connectivity index is 1.52. The summed E-state index contributed by atoms with van der Waals surface area (Å²) in [5, 5.41) is 12.9. The second-order valence-corrected chi connectivity index (χ2v) is 8.56. The maximum atomic E-state index is 12.6. The van der Waals surface area contributed by atoms with Gasteiger partial charge in [0.05, 0.1) is 24.2 Å². The van der Waals surface area contributed by atoms with E-state index in [0.29, 0.717) is 21.6 Å². The third-order valence-corrected chi connectivity index (χ3v) is 6.20. The Kier molecular flexibility index (Phi) is 6.99. The zero-order chi connectivity index (χ0) is 21.6. The Morgan fingerprint density at radius 1 is 1.13 bits per heavy atom. The summed E-state index contributed by atoms with van der Waals surface area (Å²) in [5.74, 6) is 1.39. The molecule has 0 bridgehead atoms. The number of anilines is 2. The molecule has 1 aliphatic heterocycles. The second kappa shape index (κ2) is 10.1. The summed E-state index contributed by atoms with van der Waals surface area (Å²) in [5.41, 5.74) is 1.52. The minimum Gasteiger partial charge on any atom is -0.495 e. The van der Waals surface area contributed by atoms with E-state index in [2.05, 4.69) is 20.4 Å². The molecule has 0 saturated carbocycles. The molecule has 1 aromatic heterocycles. The molecule has 1 aliphatic rings. The van der Waals surface area contributed by atoms with Crippen LogP contribution in [0.2, 0.25) is 5.02 Å². The summed E-state index contributed by atoms with van der Waals surface area (Å²) in [6.07, 6.45) is 3.53. The van der Waals surface area contributed by atoms with Crippen molar-refractivity contribution in [3.05, 3.63) is 53.6 Å². The number of nitrogens with zero attached hydrogens (tertiary/aromatic N) is 4. The quantitative estimate of drug-likeness (QED) is 0.520. The molecular weight excluding hydrogens is 434 g/mol. The van der Waals surface area contributed by atoms with Crippen LogP contribution in [0.15, 0.2) is 53.7 Å². The zero-order valence-electron chi connectivity index (χ0n) is 17.3. The molecule has 9 heteroatoms. The summed E-state index contributed by atoms with van der Waals surface area (Å²) < 4.78 is 7.33. The van der Waals surface area contributed by atoms with E-state index in [1.807, 2.05) is 34.9 Å². The number of methoxy groups -OCH3 is 1. The number of nitrogens with one attached hydrogen (secondary N) is 1. The van der Waals surface area contributed by atoms with Crippen LogP contribution in [0.4, 0.5) is 11.6 Å². The van der Waals surface area contributed by atoms with Crippen LogP contribution in [0.3, 0.4) is 0 Å². The van der Waals surface area contributed by atoms with E-state index < -0.39 is 0 Å². The third kappa shape index (κ3) is 5.14. The number of hydrogen-bond donors (Lipinski definition) is 1. The number of carbonyl (C=O) groups is 1. The number of carbonyl (C=O) groups excluding carboxylic acids is 1. The topological polar surface area (TPSA) is 72.3 Å². The van der Waals surface area contributed by atoms with Gasteiger partial charge in [-0.05, 0) is 49.6 Å². The first kappa shape index (κ1) is 21.5. The number of para-hydroxylation sites is 1. The van der Waals surface area contributed by atoms with E-state index in [4.69, 9.17) is 16.3 Å². The predicted octanol–water partition coefficient (Wildman–Crippen LogP) is 4.65. The van der Waals surface area contributed by atoms with Crippen LogP contribution in [-0.4, -0.2) is 46.6 Å². The van der Waals surface area contributed by atoms with Crippen LogP contribution < -0.4 is 15.0 Å². The Labute approximate surface area is 190 Å². The Morgan fingerprint density at radius 2 is 1.90 bits per heavy atom. The predicted molar refractivity (Wildman–Crippen MR) is 125 cm³/mol. The lowest BCUT2D eigenvalue weighted by Crippen LogP contribution is -2.31. The van der Waals surface area contributed by atoms with Crippen LogP contribution in [0.25, 0.3) is 5.69 Å². The Hall–Kier alpha value is -2.71. The van der Waals surface area contributed by atoms with E-state index in [-0.39, 0.29) is 11.7 Å². The molecule has 4 rings (SSSR count). The van der Waals surface area contributed by atoms with Gasteiger partial charge >= 0.3 is 0 Å². The van der Waals surface area contributed by atoms with Gasteiger partial charge < -0.3 is 15.0 Å². The van der Waals surface area contributed by atoms with E-state index >= 15 is 0 Å². The molecule has 1 N–H and O–H groups in total. The van der Waals surface area contributed by atoms with Gasteiger partial charge in [0.1, 0.15) is 5.75 Å². The lowest BCUT2D eigenvalue weighted by Gasteiger charge is -2.27. The SMILES string of the molecule is COc1ccc(Cl)cc1NC(=O)CSc1nnc(N2CCCCC2)n1-c1ccccc1. The number of ether oxygens (including phenoxy) is 1. The first-order valence-corrected chi connectivity index (χ1v) is 11.5. The highest BCUT2D eigenvalue weighted by Crippen LogP contribution is 2.30. The van der Waals surface area contributed by atoms with Crippen molar-refractivity contribution in [1.82, 2.24) is 14.8 Å². The average Bonchev–Trinajstić information content (AvgIpc) is 3.23. The molecule has 2 heterocycles. The zero-order valence-corrected chi connectivity index (χ0v) is 18.8. The van der Waals surface area contributed by atoms with Crippen molar-refractivity contribution < 1.29 is 9.53 Å². The number of rotatable bonds is 7. The largest absolute Gasteiger partial charge is 0.495 e. The molecule has 1 saturated heterocycles. The van der Waals surface area contributed by atoms with E-state index in [1.54, 1.807) is 25.3 Å². The molecule has 1 amide bonds. The minimum atomic E-state index is -0.173. The fraction of sp³-hybridized carbons (Fsp3) is 0.318. The van der Waals surface area contributed by atoms with Gasteiger partial charge in [0.25, 0.3) is 0 Å². The molecule has 0 unspecified atom stereocenters. The summed E-state index contributed by atoms with van der Waals surface area (Å²) in [7, 11) is 1.55. The third-order valence-electron chi connectivity index (χ3n) is 5.04. The van der Waals surface area contributed by atoms with Gasteiger partial charge in [-0.25, -0.2) is 0 Å². The number of amides is 1. The Morgan fingerprint density at radius 3 is 2.65 bits per heavy atom. The minimum absolute atomic E-state index is 0.173. The van der Waals surface area contributed by atoms with Crippen LogP contribution in [0.5, 0.6) is 5.75 Å². The van der Waals surface area contributed by atoms with E-state index in [9.17, 15) is 4.79 Å². The van der Waals surface area contributed by atoms with Gasteiger partial charge in [0.2, 0.25) is 11.9 Å². The fourth-order valence-corrected chi connectivity index (χ4v) is 4.47. The highest BCUT2D eigenvalue weighted by molar-refractivity contribution is 7.99. The maximum absolute atomic E-state index is 12.6. The fourth-order valence-electron chi connectivity index (χ4n) is 3.55. The van der Waals surface area contributed by atoms with Gasteiger partial charge in [-0.15, -0.1) is 10.2 Å². The van der Waals surface area contributed by atoms with Crippen molar-refractivity contribution in [3.63, 3.8) is 0 Å². The molecule has 162 valence electrons. The molecule has 1 fully saturated rings. The lowest BCUT2D eigenvalue weighted by molar-refractivity contribution is -0.113. The van der Waals surface area contributed by atoms with Crippen molar-refractivity contribution in [2.45, 2.75) is 24.4 Å². The van der Waals surface area contributed by atoms with Crippen LogP contribution in [0.1, 0.15) is 19.3 Å². The van der Waals surface area contributed by atoms with Gasteiger partial charge in [-0.2, -0.15) is 0 Å². The first-order valence-electron chi connectivity index (χ1n) is 10.2. The number of hydrogen-bond acceptors (Lipinski definition) is 6. The van der Waals surface area contributed by atoms with Gasteiger partial charge in [-0.1, -0.05) is 41.6 Å². The molecule has 0 radical (unpaired) electrons. The summed E-state index contributed by atoms with van der Waals surface area (Å²) in [4.78, 5) is 14.9. The maximum Gasteiger partial charge on any atom is 0.234 e. The van der Waals surface area contributed by atoms with Crippen LogP contribution in [0, 0.1) is 0 Å². The van der Waals surface area contributed by atoms with Crippen molar-refractivity contribution in [1.29, 1.82) is 0 Å². The molecule has 0 atom stereocenters. The van der Waals surface area contributed by atoms with Crippen molar-refractivity contribution in [2.24, 2.45) is 0 Å². The standard InChI is InChI=1S/C22H24ClN5O2S/c1-30-19-11-10-16(23)14-18(19)24-20(29)15-31-22-26-25-21(27-12-6-3-7-13-27)28(22)17-8-4-2-5-9-17/h2,4-5,8-11,14H,3,6-7,12-13,15H2,1H3,(H,24,29). The summed E-state index contributed by atoms with van der Waals surface area (Å²) in [6.45, 7) is 1.93. The monoisotopic (exact) mass is 457 g/mol. The van der Waals surface area contributed by atoms with E-state index in [1.165, 1.54) is 18.2 Å². The normalized spacial score (nSPS) is 13.8. The number of aromatic nitrogens is 3. The highest BCUT2D eigenvalue weighted by Gasteiger charge is 2.22. The molecular formula is C22H24ClN5O2S. The Bertz CT molecular complexity index is 1040. The summed E-state index contributed by atoms with van der Waals surface area (Å²) in [6, 6.07) is 15.1. The molecule has 2 aromatic carbocycles. The van der Waals surface area contributed by atoms with Crippen LogP contribution in [-0.2, 0) is 4.79 Å². The van der Waals surface area contributed by atoms with Crippen molar-refractivity contribution in [3.8, 4) is 11.4 Å². The highest BCUT2D eigenvalue weighted by atomic mass is 35.5. The molecule has 0 aliphatic carbocycles. The molecule has 3 aromatic rings. The lowest BCUT2D eigenvalue weighted by atomic mass is 10.1. The number of piperidine rings is 1. The molecule has 0 spiro atoms. The number of halogens is 1. The van der Waals surface area contributed by atoms with Gasteiger partial charge in [-0.3, -0.25) is 9.36 Å². The molecule has 31 heavy (non-hydrogen) atoms. The summed E-state index contributed by atoms with van der Waals surface area (Å²) >= 11 is 7.41. The second-order valence-electron chi connectivity index (χ2n) is 7.18. The van der Waals surface area contributed by atoms with E-state index in [0.717, 1.165) is 37.6 Å². The van der Waals surface area contributed by atoms with Crippen molar-refractivity contribution >= 4 is 40.9 Å². The van der Waals surface area contributed by atoms with Crippen LogP contribution >= 0.6 is 23.4 Å². The van der Waals surface area contributed by atoms with Gasteiger partial charge in [0.15, 0.2) is 5.16 Å². The first-order chi connectivity index (χ1) is 15.2. The number of benzene rings is 2.